The molecule has 16 heteroatoms. The van der Waals surface area contributed by atoms with Crippen molar-refractivity contribution in [2.24, 2.45) is 17.4 Å². The maximum absolute atomic E-state index is 13.2. The third kappa shape index (κ3) is 21.1. The first-order valence-electron chi connectivity index (χ1n) is 20.7. The highest BCUT2D eigenvalue weighted by molar-refractivity contribution is 5.98. The molecule has 0 aliphatic rings. The molecule has 0 saturated carbocycles. The Kier molecular flexibility index (Phi) is 23.7. The number of carboxylic acids is 1. The van der Waals surface area contributed by atoms with Crippen molar-refractivity contribution in [1.29, 1.82) is 0 Å². The number of hydrogen-bond donors (Lipinski definition) is 8. The fraction of sp³-hybridized carbons (Fsp3) is 0.500. The van der Waals surface area contributed by atoms with Crippen LogP contribution in [0.4, 0.5) is 0 Å². The van der Waals surface area contributed by atoms with E-state index in [1.54, 1.807) is 30.3 Å². The van der Waals surface area contributed by atoms with E-state index in [0.29, 0.717) is 37.4 Å². The van der Waals surface area contributed by atoms with E-state index in [1.807, 2.05) is 44.2 Å². The van der Waals surface area contributed by atoms with Gasteiger partial charge in [-0.05, 0) is 29.9 Å². The van der Waals surface area contributed by atoms with E-state index < -0.39 is 72.0 Å². The summed E-state index contributed by atoms with van der Waals surface area (Å²) in [5.41, 5.74) is 12.5. The van der Waals surface area contributed by atoms with Crippen molar-refractivity contribution in [1.82, 2.24) is 26.6 Å². The van der Waals surface area contributed by atoms with Crippen molar-refractivity contribution < 1.29 is 43.5 Å². The van der Waals surface area contributed by atoms with Gasteiger partial charge in [-0.3, -0.25) is 33.6 Å². The molecule has 0 saturated heterocycles. The van der Waals surface area contributed by atoms with E-state index >= 15 is 0 Å². The summed E-state index contributed by atoms with van der Waals surface area (Å²) < 4.78 is 0. The zero-order chi connectivity index (χ0) is 44.3. The lowest BCUT2D eigenvalue weighted by molar-refractivity contribution is -0.133. The molecule has 0 aromatic heterocycles. The molecule has 7 amide bonds. The molecule has 0 aliphatic heterocycles. The second-order valence-electron chi connectivity index (χ2n) is 15.0. The number of amides is 7. The van der Waals surface area contributed by atoms with E-state index in [-0.39, 0.29) is 31.1 Å². The summed E-state index contributed by atoms with van der Waals surface area (Å²) in [6, 6.07) is 13.9. The van der Waals surface area contributed by atoms with E-state index in [2.05, 4.69) is 26.6 Å². The van der Waals surface area contributed by atoms with E-state index in [0.717, 1.165) is 56.6 Å². The summed E-state index contributed by atoms with van der Waals surface area (Å²) in [6.07, 6.45) is 10.2. The second kappa shape index (κ2) is 28.4. The standard InChI is InChI=1S/C44H63N7O9/c1-3-30(2)40(44(60)49-33(41(46)57)27-31-19-13-11-14-20-31)51-37(53)23-17-9-7-5-4-6-8-10-18-26-47-42(58)35(29-36(45)52)50-43(59)34(28-32-21-15-12-16-22-32)48-38(54)24-25-39(55)56/h11-16,19-22,24-25,30,33-35,40H,3-10,17-18,23,26-29H2,1-2H3,(H2,45,52)(H2,46,57)(H,47,58)(H,48,54)(H,49,60)(H,50,59)(H,51,53)(H,55,56)/b25-24+/t30?,33-,34+,35+,40-/m0/s1. The number of carbonyl (C=O) groups is 8. The van der Waals surface area contributed by atoms with Crippen LogP contribution in [0.15, 0.2) is 72.8 Å². The summed E-state index contributed by atoms with van der Waals surface area (Å²) in [6.45, 7) is 4.13. The minimum Gasteiger partial charge on any atom is -0.478 e. The quantitative estimate of drug-likeness (QED) is 0.0424. The normalized spacial score (nSPS) is 13.5. The van der Waals surface area contributed by atoms with Gasteiger partial charge < -0.3 is 43.2 Å². The first-order chi connectivity index (χ1) is 28.7. The van der Waals surface area contributed by atoms with Gasteiger partial charge in [-0.15, -0.1) is 0 Å². The van der Waals surface area contributed by atoms with Crippen LogP contribution in [-0.4, -0.2) is 83.1 Å². The zero-order valence-electron chi connectivity index (χ0n) is 34.8. The lowest BCUT2D eigenvalue weighted by atomic mass is 9.97. The number of nitrogens with two attached hydrogens (primary N) is 2. The van der Waals surface area contributed by atoms with Crippen LogP contribution in [0.1, 0.15) is 102 Å². The highest BCUT2D eigenvalue weighted by Crippen LogP contribution is 2.13. The van der Waals surface area contributed by atoms with Gasteiger partial charge in [0.25, 0.3) is 0 Å². The Labute approximate surface area is 352 Å². The van der Waals surface area contributed by atoms with Gasteiger partial charge in [0.15, 0.2) is 0 Å². The molecule has 2 aromatic carbocycles. The largest absolute Gasteiger partial charge is 0.478 e. The summed E-state index contributed by atoms with van der Waals surface area (Å²) >= 11 is 0. The Balaban J connectivity index is 1.69. The Bertz CT molecular complexity index is 1720. The third-order valence-corrected chi connectivity index (χ3v) is 9.97. The number of hydrogen-bond acceptors (Lipinski definition) is 8. The van der Waals surface area contributed by atoms with Gasteiger partial charge in [-0.2, -0.15) is 0 Å². The molecule has 0 bridgehead atoms. The number of carbonyl (C=O) groups excluding carboxylic acids is 7. The molecule has 0 aliphatic carbocycles. The van der Waals surface area contributed by atoms with Crippen LogP contribution in [0.5, 0.6) is 0 Å². The predicted molar refractivity (Wildman–Crippen MR) is 226 cm³/mol. The summed E-state index contributed by atoms with van der Waals surface area (Å²) in [5.74, 6) is -5.75. The van der Waals surface area contributed by atoms with E-state index in [9.17, 15) is 38.4 Å². The van der Waals surface area contributed by atoms with Gasteiger partial charge >= 0.3 is 5.97 Å². The van der Waals surface area contributed by atoms with Crippen molar-refractivity contribution in [2.45, 2.75) is 128 Å². The van der Waals surface area contributed by atoms with Gasteiger partial charge in [0.1, 0.15) is 24.2 Å². The van der Waals surface area contributed by atoms with Crippen molar-refractivity contribution in [3.05, 3.63) is 83.9 Å². The zero-order valence-corrected chi connectivity index (χ0v) is 34.8. The molecule has 10 N–H and O–H groups in total. The Morgan fingerprint density at radius 2 is 1.13 bits per heavy atom. The molecule has 0 radical (unpaired) electrons. The fourth-order valence-electron chi connectivity index (χ4n) is 6.37. The topological polar surface area (TPSA) is 269 Å². The second-order valence-corrected chi connectivity index (χ2v) is 15.0. The fourth-order valence-corrected chi connectivity index (χ4v) is 6.37. The van der Waals surface area contributed by atoms with Crippen molar-refractivity contribution >= 4 is 47.3 Å². The highest BCUT2D eigenvalue weighted by Gasteiger charge is 2.30. The summed E-state index contributed by atoms with van der Waals surface area (Å²) in [5, 5.41) is 22.1. The molecule has 328 valence electrons. The molecule has 16 nitrogen and oxygen atoms in total. The maximum Gasteiger partial charge on any atom is 0.328 e. The number of carboxylic acid groups (broad SMARTS) is 1. The average molecular weight is 834 g/mol. The van der Waals surface area contributed by atoms with Crippen LogP contribution in [0.3, 0.4) is 0 Å². The molecular weight excluding hydrogens is 771 g/mol. The first kappa shape index (κ1) is 50.1. The van der Waals surface area contributed by atoms with Crippen LogP contribution >= 0.6 is 0 Å². The number of nitrogens with one attached hydrogen (secondary N) is 5. The SMILES string of the molecule is CCC(C)[C@H](NC(=O)CCCCCCCCCCCNC(=O)[C@@H](CC(N)=O)NC(=O)[C@@H](Cc1ccccc1)NC(=O)/C=C/C(=O)O)C(=O)N[C@@H](Cc1ccccc1)C(N)=O. The summed E-state index contributed by atoms with van der Waals surface area (Å²) in [4.78, 5) is 99.3. The van der Waals surface area contributed by atoms with Crippen molar-refractivity contribution in [3.8, 4) is 0 Å². The lowest BCUT2D eigenvalue weighted by Crippen LogP contribution is -2.55. The summed E-state index contributed by atoms with van der Waals surface area (Å²) in [7, 11) is 0. The average Bonchev–Trinajstić information content (AvgIpc) is 3.21. The lowest BCUT2D eigenvalue weighted by Gasteiger charge is -2.26. The monoisotopic (exact) mass is 833 g/mol. The molecule has 0 heterocycles. The molecular formula is C44H63N7O9. The Morgan fingerprint density at radius 3 is 1.65 bits per heavy atom. The number of unbranched alkanes of at least 4 members (excludes halogenated alkanes) is 8. The molecule has 0 fully saturated rings. The van der Waals surface area contributed by atoms with Crippen LogP contribution in [0.25, 0.3) is 0 Å². The smallest absolute Gasteiger partial charge is 0.328 e. The van der Waals surface area contributed by atoms with Gasteiger partial charge in [0.05, 0.1) is 6.42 Å². The van der Waals surface area contributed by atoms with Crippen molar-refractivity contribution in [3.63, 3.8) is 0 Å². The van der Waals surface area contributed by atoms with E-state index in [1.165, 1.54) is 0 Å². The van der Waals surface area contributed by atoms with Crippen molar-refractivity contribution in [2.75, 3.05) is 6.54 Å². The highest BCUT2D eigenvalue weighted by atomic mass is 16.4. The van der Waals surface area contributed by atoms with Crippen LogP contribution in [0, 0.1) is 5.92 Å². The Hall–Kier alpha value is -6.06. The number of aliphatic carboxylic acids is 1. The number of rotatable bonds is 30. The molecule has 1 unspecified atom stereocenters. The molecule has 5 atom stereocenters. The van der Waals surface area contributed by atoms with Gasteiger partial charge in [0, 0.05) is 38.0 Å². The van der Waals surface area contributed by atoms with Gasteiger partial charge in [-0.1, -0.05) is 126 Å². The molecule has 2 rings (SSSR count). The number of primary amides is 2. The minimum absolute atomic E-state index is 0.0418. The van der Waals surface area contributed by atoms with Crippen LogP contribution in [0.2, 0.25) is 0 Å². The predicted octanol–water partition coefficient (Wildman–Crippen LogP) is 2.48. The molecule has 60 heavy (non-hydrogen) atoms. The van der Waals surface area contributed by atoms with Gasteiger partial charge in [0.2, 0.25) is 41.4 Å². The Morgan fingerprint density at radius 1 is 0.617 bits per heavy atom. The van der Waals surface area contributed by atoms with Gasteiger partial charge in [-0.25, -0.2) is 4.79 Å². The van der Waals surface area contributed by atoms with Crippen LogP contribution < -0.4 is 38.1 Å². The third-order valence-electron chi connectivity index (χ3n) is 9.97. The maximum atomic E-state index is 13.2. The number of benzene rings is 2. The minimum atomic E-state index is -1.34. The molecule has 0 spiro atoms. The molecule has 2 aromatic rings. The van der Waals surface area contributed by atoms with E-state index in [4.69, 9.17) is 16.6 Å². The first-order valence-corrected chi connectivity index (χ1v) is 20.7. The van der Waals surface area contributed by atoms with Crippen LogP contribution in [-0.2, 0) is 51.2 Å².